The van der Waals surface area contributed by atoms with Gasteiger partial charge in [-0.2, -0.15) is 9.13 Å². The van der Waals surface area contributed by atoms with Crippen LogP contribution < -0.4 is 9.13 Å². The summed E-state index contributed by atoms with van der Waals surface area (Å²) in [6, 6.07) is 0. The summed E-state index contributed by atoms with van der Waals surface area (Å²) in [5.74, 6) is 0. The summed E-state index contributed by atoms with van der Waals surface area (Å²) in [4.78, 5) is 0. The Labute approximate surface area is 141 Å². The predicted molar refractivity (Wildman–Crippen MR) is 92.9 cm³/mol. The second-order valence-electron chi connectivity index (χ2n) is 6.59. The zero-order valence-electron chi connectivity index (χ0n) is 15.0. The fourth-order valence-corrected chi connectivity index (χ4v) is 2.94. The monoisotopic (exact) mass is 318 g/mol. The van der Waals surface area contributed by atoms with Crippen molar-refractivity contribution < 1.29 is 9.13 Å². The molecule has 2 heterocycles. The van der Waals surface area contributed by atoms with Gasteiger partial charge in [-0.3, -0.25) is 0 Å². The molecule has 2 aromatic rings. The second kappa shape index (κ2) is 10.2. The van der Waals surface area contributed by atoms with E-state index in [9.17, 15) is 0 Å². The van der Waals surface area contributed by atoms with Crippen molar-refractivity contribution in [2.24, 2.45) is 0 Å². The number of aryl methyl sites for hydroxylation is 2. The van der Waals surface area contributed by atoms with Crippen molar-refractivity contribution in [1.29, 1.82) is 0 Å². The molecule has 0 fully saturated rings. The Kier molecular flexibility index (Phi) is 7.91. The predicted octanol–water partition coefficient (Wildman–Crippen LogP) is 3.53. The normalized spacial score (nSPS) is 11.2. The van der Waals surface area contributed by atoms with Crippen molar-refractivity contribution in [3.8, 4) is 0 Å². The second-order valence-corrected chi connectivity index (χ2v) is 6.59. The van der Waals surface area contributed by atoms with Crippen molar-refractivity contribution in [2.75, 3.05) is 0 Å². The molecule has 0 aliphatic rings. The molecule has 0 N–H and O–H groups in total. The largest absolute Gasteiger partial charge is 0.246 e. The fraction of sp³-hybridized carbons (Fsp3) is 0.684. The Bertz CT molecular complexity index is 493. The lowest BCUT2D eigenvalue weighted by atomic mass is 10.2. The molecule has 0 saturated carbocycles. The molecule has 0 radical (unpaired) electrons. The van der Waals surface area contributed by atoms with Gasteiger partial charge < -0.3 is 0 Å². The van der Waals surface area contributed by atoms with Gasteiger partial charge in [-0.05, 0) is 25.7 Å². The first-order chi connectivity index (χ1) is 11.3. The molecule has 0 atom stereocenters. The molecular formula is C19H34N4+2. The van der Waals surface area contributed by atoms with E-state index in [-0.39, 0.29) is 0 Å². The molecule has 128 valence electrons. The lowest BCUT2D eigenvalue weighted by molar-refractivity contribution is -0.912. The molecule has 0 amide bonds. The molecule has 0 spiro atoms. The number of aromatic nitrogens is 4. The van der Waals surface area contributed by atoms with Crippen LogP contribution in [0, 0.1) is 0 Å². The molecule has 2 aromatic heterocycles. The maximum atomic E-state index is 2.30. The Hall–Kier alpha value is -1.58. The Balaban J connectivity index is 1.74. The smallest absolute Gasteiger partial charge is 0.237 e. The van der Waals surface area contributed by atoms with Gasteiger partial charge in [0.2, 0.25) is 19.3 Å². The molecule has 4 heteroatoms. The Morgan fingerprint density at radius 2 is 1.13 bits per heavy atom. The average Bonchev–Trinajstić information content (AvgIpc) is 3.18. The van der Waals surface area contributed by atoms with Crippen LogP contribution in [0.4, 0.5) is 0 Å². The van der Waals surface area contributed by atoms with E-state index in [1.807, 2.05) is 0 Å². The molecular weight excluding hydrogens is 284 g/mol. The van der Waals surface area contributed by atoms with E-state index >= 15 is 0 Å². The zero-order valence-corrected chi connectivity index (χ0v) is 15.0. The van der Waals surface area contributed by atoms with Gasteiger partial charge in [0.1, 0.15) is 24.8 Å². The lowest BCUT2D eigenvalue weighted by Crippen LogP contribution is -2.49. The maximum Gasteiger partial charge on any atom is 0.246 e. The van der Waals surface area contributed by atoms with Crippen molar-refractivity contribution in [2.45, 2.75) is 85.0 Å². The van der Waals surface area contributed by atoms with E-state index in [0.29, 0.717) is 0 Å². The first-order valence-corrected chi connectivity index (χ1v) is 9.41. The Morgan fingerprint density at radius 1 is 0.652 bits per heavy atom. The summed E-state index contributed by atoms with van der Waals surface area (Å²) >= 11 is 0. The van der Waals surface area contributed by atoms with Crippen LogP contribution in [0.5, 0.6) is 0 Å². The van der Waals surface area contributed by atoms with Gasteiger partial charge in [-0.25, -0.2) is 9.13 Å². The van der Waals surface area contributed by atoms with Crippen LogP contribution in [0.2, 0.25) is 0 Å². The maximum absolute atomic E-state index is 2.30. The van der Waals surface area contributed by atoms with Crippen molar-refractivity contribution in [1.82, 2.24) is 9.13 Å². The highest BCUT2D eigenvalue weighted by atomic mass is 15.2. The summed E-state index contributed by atoms with van der Waals surface area (Å²) in [5, 5.41) is 0. The quantitative estimate of drug-likeness (QED) is 0.421. The zero-order chi connectivity index (χ0) is 16.3. The molecule has 0 bridgehead atoms. The molecule has 23 heavy (non-hydrogen) atoms. The van der Waals surface area contributed by atoms with Crippen LogP contribution in [-0.4, -0.2) is 9.13 Å². The first-order valence-electron chi connectivity index (χ1n) is 9.41. The fourth-order valence-electron chi connectivity index (χ4n) is 2.94. The standard InChI is InChI=1S/C19H34N4/c1-3-5-7-9-11-20-13-15-22(17-20)19-23-16-14-21(18-23)12-10-8-6-4-2/h13-18H,3-12,19H2,1-2H3/q+2. The van der Waals surface area contributed by atoms with E-state index in [1.54, 1.807) is 0 Å². The van der Waals surface area contributed by atoms with E-state index in [0.717, 1.165) is 19.8 Å². The van der Waals surface area contributed by atoms with Gasteiger partial charge in [-0.15, -0.1) is 0 Å². The van der Waals surface area contributed by atoms with Gasteiger partial charge in [-0.1, -0.05) is 39.5 Å². The summed E-state index contributed by atoms with van der Waals surface area (Å²) in [6.07, 6.45) is 23.7. The number of imidazole rings is 2. The minimum atomic E-state index is 0.893. The van der Waals surface area contributed by atoms with E-state index < -0.39 is 0 Å². The SMILES string of the molecule is CCCCCCn1cc[n+](C[n+]2ccn(CCCCCC)c2)c1. The van der Waals surface area contributed by atoms with E-state index in [2.05, 4.69) is 69.6 Å². The number of unbranched alkanes of at least 4 members (excludes halogenated alkanes) is 6. The van der Waals surface area contributed by atoms with Gasteiger partial charge >= 0.3 is 0 Å². The number of hydrogen-bond donors (Lipinski definition) is 0. The van der Waals surface area contributed by atoms with E-state index in [1.165, 1.54) is 51.4 Å². The van der Waals surface area contributed by atoms with Crippen LogP contribution in [0.25, 0.3) is 0 Å². The Morgan fingerprint density at radius 3 is 1.57 bits per heavy atom. The molecule has 0 aliphatic heterocycles. The topological polar surface area (TPSA) is 17.6 Å². The van der Waals surface area contributed by atoms with Crippen LogP contribution in [-0.2, 0) is 19.8 Å². The summed E-state index contributed by atoms with van der Waals surface area (Å²) < 4.78 is 9.11. The summed E-state index contributed by atoms with van der Waals surface area (Å²) in [7, 11) is 0. The van der Waals surface area contributed by atoms with Crippen LogP contribution in [0.1, 0.15) is 65.2 Å². The van der Waals surface area contributed by atoms with Crippen LogP contribution in [0.3, 0.4) is 0 Å². The number of rotatable bonds is 12. The highest BCUT2D eigenvalue weighted by Gasteiger charge is 2.08. The minimum Gasteiger partial charge on any atom is -0.237 e. The highest BCUT2D eigenvalue weighted by Crippen LogP contribution is 2.01. The first kappa shape index (κ1) is 17.8. The van der Waals surface area contributed by atoms with Crippen molar-refractivity contribution in [3.05, 3.63) is 37.4 Å². The van der Waals surface area contributed by atoms with Crippen molar-refractivity contribution >= 4 is 0 Å². The number of nitrogens with zero attached hydrogens (tertiary/aromatic N) is 4. The third-order valence-corrected chi connectivity index (χ3v) is 4.36. The van der Waals surface area contributed by atoms with Gasteiger partial charge in [0.15, 0.2) is 0 Å². The van der Waals surface area contributed by atoms with E-state index in [4.69, 9.17) is 0 Å². The average molecular weight is 319 g/mol. The molecule has 4 nitrogen and oxygen atoms in total. The lowest BCUT2D eigenvalue weighted by Gasteiger charge is -1.97. The molecule has 0 aromatic carbocycles. The van der Waals surface area contributed by atoms with Crippen LogP contribution in [0.15, 0.2) is 37.4 Å². The summed E-state index contributed by atoms with van der Waals surface area (Å²) in [6.45, 7) is 7.68. The molecule has 0 aliphatic carbocycles. The highest BCUT2D eigenvalue weighted by molar-refractivity contribution is 4.67. The van der Waals surface area contributed by atoms with Gasteiger partial charge in [0.05, 0.1) is 13.1 Å². The molecule has 0 saturated heterocycles. The third kappa shape index (κ3) is 6.59. The summed E-state index contributed by atoms with van der Waals surface area (Å²) in [5.41, 5.74) is 0. The minimum absolute atomic E-state index is 0.893. The third-order valence-electron chi connectivity index (χ3n) is 4.36. The van der Waals surface area contributed by atoms with Crippen LogP contribution >= 0.6 is 0 Å². The molecule has 2 rings (SSSR count). The number of hydrogen-bond acceptors (Lipinski definition) is 0. The molecule has 0 unspecified atom stereocenters. The van der Waals surface area contributed by atoms with Gasteiger partial charge in [0.25, 0.3) is 0 Å². The van der Waals surface area contributed by atoms with Gasteiger partial charge in [0, 0.05) is 0 Å². The van der Waals surface area contributed by atoms with Crippen molar-refractivity contribution in [3.63, 3.8) is 0 Å².